The van der Waals surface area contributed by atoms with Crippen LogP contribution < -0.4 is 5.32 Å². The van der Waals surface area contributed by atoms with E-state index in [0.717, 1.165) is 12.3 Å². The van der Waals surface area contributed by atoms with Crippen molar-refractivity contribution in [1.82, 2.24) is 5.32 Å². The summed E-state index contributed by atoms with van der Waals surface area (Å²) in [5.41, 5.74) is 0.471. The third-order valence-corrected chi connectivity index (χ3v) is 3.45. The van der Waals surface area contributed by atoms with E-state index in [1.54, 1.807) is 17.8 Å². The molecule has 1 rings (SSSR count). The number of carboxylic acid groups (broad SMARTS) is 1. The Morgan fingerprint density at radius 1 is 1.39 bits per heavy atom. The predicted octanol–water partition coefficient (Wildman–Crippen LogP) is 2.79. The summed E-state index contributed by atoms with van der Waals surface area (Å²) in [5.74, 6) is 0.157. The van der Waals surface area contributed by atoms with E-state index in [-0.39, 0.29) is 0 Å². The van der Waals surface area contributed by atoms with Gasteiger partial charge in [0.1, 0.15) is 0 Å². The average molecular weight is 265 g/mol. The Bertz CT molecular complexity index is 390. The van der Waals surface area contributed by atoms with Crippen molar-refractivity contribution in [2.24, 2.45) is 0 Å². The number of thioether (sulfide) groups is 1. The van der Waals surface area contributed by atoms with Gasteiger partial charge in [-0.3, -0.25) is 0 Å². The summed E-state index contributed by atoms with van der Waals surface area (Å²) < 4.78 is 0. The van der Waals surface area contributed by atoms with Gasteiger partial charge in [0.15, 0.2) is 0 Å². The number of carbonyl (C=O) groups is 1. The van der Waals surface area contributed by atoms with Crippen molar-refractivity contribution in [3.63, 3.8) is 0 Å². The Labute approximate surface area is 112 Å². The Morgan fingerprint density at radius 3 is 2.72 bits per heavy atom. The molecule has 0 aliphatic carbocycles. The molecule has 1 aromatic carbocycles. The van der Waals surface area contributed by atoms with Gasteiger partial charge in [0.05, 0.1) is 0 Å². The van der Waals surface area contributed by atoms with Crippen molar-refractivity contribution in [1.29, 1.82) is 0 Å². The minimum atomic E-state index is -0.821. The Hall–Kier alpha value is -1.26. The predicted molar refractivity (Wildman–Crippen MR) is 76.0 cm³/mol. The molecule has 0 heterocycles. The zero-order valence-electron chi connectivity index (χ0n) is 10.6. The summed E-state index contributed by atoms with van der Waals surface area (Å²) in [6.45, 7) is 3.34. The summed E-state index contributed by atoms with van der Waals surface area (Å²) in [6.07, 6.45) is 2.31. The molecule has 0 bridgehead atoms. The minimum absolute atomic E-state index is 0.471. The van der Waals surface area contributed by atoms with Crippen LogP contribution in [0.15, 0.2) is 46.9 Å². The Balaban J connectivity index is 2.14. The van der Waals surface area contributed by atoms with Crippen LogP contribution in [0.25, 0.3) is 0 Å². The van der Waals surface area contributed by atoms with Crippen LogP contribution in [0.4, 0.5) is 0 Å². The van der Waals surface area contributed by atoms with Crippen LogP contribution in [0, 0.1) is 0 Å². The molecule has 0 aromatic heterocycles. The molecule has 1 aromatic rings. The van der Waals surface area contributed by atoms with E-state index in [1.807, 2.05) is 25.1 Å². The van der Waals surface area contributed by atoms with Crippen LogP contribution in [0.3, 0.4) is 0 Å². The van der Waals surface area contributed by atoms with Gasteiger partial charge in [0.25, 0.3) is 0 Å². The molecule has 0 saturated heterocycles. The maximum atomic E-state index is 10.7. The standard InChI is InChI=1S/C14H19NO2S/c1-2-12(14(16)17)8-9-15-10-11-18-13-6-4-3-5-7-13/h3-8,15H,2,9-11H2,1H3,(H,16,17)/b12-8-. The minimum Gasteiger partial charge on any atom is -0.478 e. The number of rotatable bonds is 8. The molecular formula is C14H19NO2S. The molecular weight excluding hydrogens is 246 g/mol. The molecule has 0 aliphatic rings. The van der Waals surface area contributed by atoms with Gasteiger partial charge >= 0.3 is 5.97 Å². The molecule has 0 saturated carbocycles. The lowest BCUT2D eigenvalue weighted by Gasteiger charge is -2.03. The quantitative estimate of drug-likeness (QED) is 0.431. The second kappa shape index (κ2) is 8.78. The van der Waals surface area contributed by atoms with Crippen LogP contribution in [0.2, 0.25) is 0 Å². The lowest BCUT2D eigenvalue weighted by atomic mass is 10.2. The van der Waals surface area contributed by atoms with E-state index in [1.165, 1.54) is 4.90 Å². The van der Waals surface area contributed by atoms with Crippen molar-refractivity contribution in [2.75, 3.05) is 18.8 Å². The highest BCUT2D eigenvalue weighted by atomic mass is 32.2. The SMILES string of the molecule is CC/C(=C/CNCCSc1ccccc1)C(=O)O. The first kappa shape index (κ1) is 14.8. The maximum Gasteiger partial charge on any atom is 0.331 e. The average Bonchev–Trinajstić information content (AvgIpc) is 2.38. The molecule has 2 N–H and O–H groups in total. The van der Waals surface area contributed by atoms with Crippen molar-refractivity contribution in [2.45, 2.75) is 18.2 Å². The lowest BCUT2D eigenvalue weighted by Crippen LogP contribution is -2.18. The maximum absolute atomic E-state index is 10.7. The zero-order valence-corrected chi connectivity index (χ0v) is 11.4. The molecule has 18 heavy (non-hydrogen) atoms. The van der Waals surface area contributed by atoms with Gasteiger partial charge < -0.3 is 10.4 Å². The van der Waals surface area contributed by atoms with E-state index in [4.69, 9.17) is 5.11 Å². The first-order chi connectivity index (χ1) is 8.74. The third-order valence-electron chi connectivity index (χ3n) is 2.44. The van der Waals surface area contributed by atoms with Gasteiger partial charge in [-0.25, -0.2) is 4.79 Å². The van der Waals surface area contributed by atoms with Crippen LogP contribution in [-0.2, 0) is 4.79 Å². The van der Waals surface area contributed by atoms with Crippen LogP contribution in [0.1, 0.15) is 13.3 Å². The van der Waals surface area contributed by atoms with Crippen molar-refractivity contribution in [3.8, 4) is 0 Å². The number of aliphatic carboxylic acids is 1. The van der Waals surface area contributed by atoms with Gasteiger partial charge in [-0.05, 0) is 18.6 Å². The molecule has 98 valence electrons. The third kappa shape index (κ3) is 5.89. The van der Waals surface area contributed by atoms with Gasteiger partial charge in [-0.15, -0.1) is 11.8 Å². The summed E-state index contributed by atoms with van der Waals surface area (Å²) in [4.78, 5) is 12.0. The fourth-order valence-corrected chi connectivity index (χ4v) is 2.27. The lowest BCUT2D eigenvalue weighted by molar-refractivity contribution is -0.132. The topological polar surface area (TPSA) is 49.3 Å². The van der Waals surface area contributed by atoms with Crippen LogP contribution in [0.5, 0.6) is 0 Å². The largest absolute Gasteiger partial charge is 0.478 e. The first-order valence-electron chi connectivity index (χ1n) is 6.05. The fraction of sp³-hybridized carbons (Fsp3) is 0.357. The normalized spacial score (nSPS) is 11.5. The molecule has 0 amide bonds. The van der Waals surface area contributed by atoms with Gasteiger partial charge in [-0.1, -0.05) is 31.2 Å². The zero-order chi connectivity index (χ0) is 13.2. The second-order valence-corrected chi connectivity index (χ2v) is 4.92. The molecule has 0 aliphatic heterocycles. The van der Waals surface area contributed by atoms with Crippen molar-refractivity contribution >= 4 is 17.7 Å². The molecule has 0 fully saturated rings. The molecule has 4 heteroatoms. The summed E-state index contributed by atoms with van der Waals surface area (Å²) in [7, 11) is 0. The van der Waals surface area contributed by atoms with Gasteiger partial charge in [0, 0.05) is 29.3 Å². The molecule has 3 nitrogen and oxygen atoms in total. The monoisotopic (exact) mass is 265 g/mol. The summed E-state index contributed by atoms with van der Waals surface area (Å²) >= 11 is 1.79. The Morgan fingerprint density at radius 2 is 2.11 bits per heavy atom. The van der Waals surface area contributed by atoms with E-state index in [0.29, 0.717) is 18.5 Å². The van der Waals surface area contributed by atoms with E-state index >= 15 is 0 Å². The van der Waals surface area contributed by atoms with Gasteiger partial charge in [0.2, 0.25) is 0 Å². The van der Waals surface area contributed by atoms with Gasteiger partial charge in [-0.2, -0.15) is 0 Å². The van der Waals surface area contributed by atoms with Crippen LogP contribution >= 0.6 is 11.8 Å². The number of hydrogen-bond acceptors (Lipinski definition) is 3. The van der Waals surface area contributed by atoms with Crippen LogP contribution in [-0.4, -0.2) is 29.9 Å². The number of carboxylic acids is 1. The number of nitrogens with one attached hydrogen (secondary N) is 1. The summed E-state index contributed by atoms with van der Waals surface area (Å²) in [6, 6.07) is 10.2. The Kier molecular flexibility index (Phi) is 7.22. The van der Waals surface area contributed by atoms with E-state index < -0.39 is 5.97 Å². The number of hydrogen-bond donors (Lipinski definition) is 2. The number of benzene rings is 1. The highest BCUT2D eigenvalue weighted by molar-refractivity contribution is 7.99. The second-order valence-electron chi connectivity index (χ2n) is 3.75. The molecule has 0 spiro atoms. The smallest absolute Gasteiger partial charge is 0.331 e. The van der Waals surface area contributed by atoms with Crippen molar-refractivity contribution in [3.05, 3.63) is 42.0 Å². The van der Waals surface area contributed by atoms with E-state index in [9.17, 15) is 4.79 Å². The molecule has 0 radical (unpaired) electrons. The van der Waals surface area contributed by atoms with Crippen molar-refractivity contribution < 1.29 is 9.90 Å². The highest BCUT2D eigenvalue weighted by Crippen LogP contribution is 2.15. The first-order valence-corrected chi connectivity index (χ1v) is 7.03. The molecule has 0 atom stereocenters. The molecule has 0 unspecified atom stereocenters. The highest BCUT2D eigenvalue weighted by Gasteiger charge is 2.02. The van der Waals surface area contributed by atoms with E-state index in [2.05, 4.69) is 17.4 Å². The summed E-state index contributed by atoms with van der Waals surface area (Å²) in [5, 5.41) is 12.0. The fourth-order valence-electron chi connectivity index (χ4n) is 1.44.